The van der Waals surface area contributed by atoms with Gasteiger partial charge in [-0.1, -0.05) is 24.1 Å². The SMILES string of the molecule is O=C(CC1CCCC1)N1CCC(Cc2cn(Cc3cccs3)nn2)(C(=O)O)CC1. The zero-order chi connectivity index (χ0) is 20.3. The summed E-state index contributed by atoms with van der Waals surface area (Å²) in [7, 11) is 0. The Morgan fingerprint density at radius 1 is 1.24 bits per heavy atom. The molecule has 2 aliphatic rings. The summed E-state index contributed by atoms with van der Waals surface area (Å²) in [5, 5.41) is 20.4. The van der Waals surface area contributed by atoms with Crippen molar-refractivity contribution in [1.82, 2.24) is 19.9 Å². The number of hydrogen-bond donors (Lipinski definition) is 1. The van der Waals surface area contributed by atoms with Gasteiger partial charge in [-0.05, 0) is 43.0 Å². The van der Waals surface area contributed by atoms with Crippen molar-refractivity contribution in [2.75, 3.05) is 13.1 Å². The molecule has 0 spiro atoms. The van der Waals surface area contributed by atoms with Crippen LogP contribution in [0.2, 0.25) is 0 Å². The second kappa shape index (κ2) is 8.65. The molecular formula is C21H28N4O3S. The number of aromatic nitrogens is 3. The number of carboxylic acid groups (broad SMARTS) is 1. The third-order valence-corrected chi connectivity index (χ3v) is 7.33. The minimum atomic E-state index is -0.867. The molecule has 0 bridgehead atoms. The Morgan fingerprint density at radius 3 is 2.66 bits per heavy atom. The number of likely N-dealkylation sites (tertiary alicyclic amines) is 1. The van der Waals surface area contributed by atoms with E-state index in [1.807, 2.05) is 28.6 Å². The highest BCUT2D eigenvalue weighted by Gasteiger charge is 2.43. The molecule has 0 unspecified atom stereocenters. The maximum absolute atomic E-state index is 12.6. The van der Waals surface area contributed by atoms with Gasteiger partial charge >= 0.3 is 5.97 Å². The normalized spacial score (nSPS) is 19.5. The maximum atomic E-state index is 12.6. The van der Waals surface area contributed by atoms with Gasteiger partial charge in [0.05, 0.1) is 17.7 Å². The van der Waals surface area contributed by atoms with Crippen LogP contribution < -0.4 is 0 Å². The lowest BCUT2D eigenvalue weighted by atomic mass is 9.75. The smallest absolute Gasteiger partial charge is 0.310 e. The number of aliphatic carboxylic acids is 1. The summed E-state index contributed by atoms with van der Waals surface area (Å²) in [6, 6.07) is 4.04. The number of carboxylic acids is 1. The minimum absolute atomic E-state index is 0.192. The molecule has 1 saturated carbocycles. The number of carbonyl (C=O) groups excluding carboxylic acids is 1. The monoisotopic (exact) mass is 416 g/mol. The van der Waals surface area contributed by atoms with Crippen molar-refractivity contribution in [3.05, 3.63) is 34.3 Å². The van der Waals surface area contributed by atoms with Crippen LogP contribution in [-0.4, -0.2) is 50.0 Å². The summed E-state index contributed by atoms with van der Waals surface area (Å²) in [4.78, 5) is 27.8. The third-order valence-electron chi connectivity index (χ3n) is 6.47. The Bertz CT molecular complexity index is 834. The topological polar surface area (TPSA) is 88.3 Å². The highest BCUT2D eigenvalue weighted by atomic mass is 32.1. The molecule has 0 atom stereocenters. The predicted molar refractivity (Wildman–Crippen MR) is 110 cm³/mol. The van der Waals surface area contributed by atoms with Gasteiger partial charge in [0.1, 0.15) is 0 Å². The zero-order valence-electron chi connectivity index (χ0n) is 16.6. The quantitative estimate of drug-likeness (QED) is 0.749. The van der Waals surface area contributed by atoms with Crippen molar-refractivity contribution in [2.24, 2.45) is 11.3 Å². The maximum Gasteiger partial charge on any atom is 0.310 e. The fourth-order valence-corrected chi connectivity index (χ4v) is 5.34. The fraction of sp³-hybridized carbons (Fsp3) is 0.619. The lowest BCUT2D eigenvalue weighted by Gasteiger charge is -2.38. The van der Waals surface area contributed by atoms with E-state index in [9.17, 15) is 14.7 Å². The molecule has 3 heterocycles. The molecule has 7 nitrogen and oxygen atoms in total. The highest BCUT2D eigenvalue weighted by Crippen LogP contribution is 2.36. The van der Waals surface area contributed by atoms with Crippen LogP contribution in [0.1, 0.15) is 55.5 Å². The van der Waals surface area contributed by atoms with E-state index in [0.717, 1.165) is 12.8 Å². The zero-order valence-corrected chi connectivity index (χ0v) is 17.4. The summed E-state index contributed by atoms with van der Waals surface area (Å²) in [5.74, 6) is -0.0852. The second-order valence-corrected chi connectivity index (χ2v) is 9.52. The van der Waals surface area contributed by atoms with Crippen LogP contribution in [0.15, 0.2) is 23.7 Å². The summed E-state index contributed by atoms with van der Waals surface area (Å²) in [5.41, 5.74) is -0.164. The predicted octanol–water partition coefficient (Wildman–Crippen LogP) is 3.20. The lowest BCUT2D eigenvalue weighted by molar-refractivity contribution is -0.154. The Balaban J connectivity index is 1.36. The summed E-state index contributed by atoms with van der Waals surface area (Å²) in [6.45, 7) is 1.68. The van der Waals surface area contributed by atoms with Crippen molar-refractivity contribution in [2.45, 2.75) is 57.9 Å². The first kappa shape index (κ1) is 20.1. The standard InChI is InChI=1S/C21H28N4O3S/c26-19(12-16-4-1-2-5-16)24-9-7-21(8-10-24,20(27)28)13-17-14-25(23-22-17)15-18-6-3-11-29-18/h3,6,11,14,16H,1-2,4-5,7-10,12-13,15H2,(H,27,28). The largest absolute Gasteiger partial charge is 0.481 e. The van der Waals surface area contributed by atoms with Gasteiger partial charge in [-0.15, -0.1) is 16.4 Å². The Hall–Kier alpha value is -2.22. The number of hydrogen-bond acceptors (Lipinski definition) is 5. The molecular weight excluding hydrogens is 388 g/mol. The molecule has 2 aromatic rings. The Labute approximate surface area is 174 Å². The Kier molecular flexibility index (Phi) is 5.99. The first-order valence-electron chi connectivity index (χ1n) is 10.5. The molecule has 29 heavy (non-hydrogen) atoms. The van der Waals surface area contributed by atoms with Gasteiger partial charge in [0.25, 0.3) is 0 Å². The first-order valence-corrected chi connectivity index (χ1v) is 11.3. The van der Waals surface area contributed by atoms with Crippen molar-refractivity contribution in [3.8, 4) is 0 Å². The van der Waals surface area contributed by atoms with Crippen LogP contribution in [0.25, 0.3) is 0 Å². The van der Waals surface area contributed by atoms with Gasteiger partial charge in [0.2, 0.25) is 5.91 Å². The van der Waals surface area contributed by atoms with Crippen molar-refractivity contribution in [3.63, 3.8) is 0 Å². The van der Waals surface area contributed by atoms with Crippen LogP contribution in [-0.2, 0) is 22.6 Å². The number of rotatable bonds is 7. The number of carbonyl (C=O) groups is 2. The molecule has 156 valence electrons. The number of thiophene rings is 1. The molecule has 1 aliphatic carbocycles. The van der Waals surface area contributed by atoms with Gasteiger partial charge in [-0.25, -0.2) is 4.68 Å². The van der Waals surface area contributed by atoms with Crippen LogP contribution in [0.3, 0.4) is 0 Å². The van der Waals surface area contributed by atoms with Gasteiger partial charge in [0, 0.05) is 37.0 Å². The van der Waals surface area contributed by atoms with Crippen LogP contribution in [0, 0.1) is 11.3 Å². The third kappa shape index (κ3) is 4.69. The van der Waals surface area contributed by atoms with E-state index in [4.69, 9.17) is 0 Å². The fourth-order valence-electron chi connectivity index (χ4n) is 4.65. The summed E-state index contributed by atoms with van der Waals surface area (Å²) in [6.07, 6.45) is 8.53. The molecule has 1 aliphatic heterocycles. The summed E-state index contributed by atoms with van der Waals surface area (Å²) >= 11 is 1.66. The lowest BCUT2D eigenvalue weighted by Crippen LogP contribution is -2.47. The van der Waals surface area contributed by atoms with Crippen molar-refractivity contribution >= 4 is 23.2 Å². The highest BCUT2D eigenvalue weighted by molar-refractivity contribution is 7.09. The molecule has 2 fully saturated rings. The molecule has 0 radical (unpaired) electrons. The van der Waals surface area contributed by atoms with E-state index in [0.29, 0.717) is 56.9 Å². The van der Waals surface area contributed by atoms with Gasteiger partial charge < -0.3 is 10.0 Å². The van der Waals surface area contributed by atoms with Crippen molar-refractivity contribution < 1.29 is 14.7 Å². The molecule has 0 aromatic carbocycles. The average molecular weight is 417 g/mol. The van der Waals surface area contributed by atoms with Crippen LogP contribution in [0.4, 0.5) is 0 Å². The molecule has 2 aromatic heterocycles. The number of amides is 1. The number of piperidine rings is 1. The minimum Gasteiger partial charge on any atom is -0.481 e. The van der Waals surface area contributed by atoms with E-state index in [2.05, 4.69) is 10.3 Å². The van der Waals surface area contributed by atoms with Gasteiger partial charge in [-0.2, -0.15) is 0 Å². The van der Waals surface area contributed by atoms with Gasteiger partial charge in [-0.3, -0.25) is 9.59 Å². The van der Waals surface area contributed by atoms with Crippen molar-refractivity contribution in [1.29, 1.82) is 0 Å². The first-order chi connectivity index (χ1) is 14.0. The van der Waals surface area contributed by atoms with Crippen LogP contribution >= 0.6 is 11.3 Å². The van der Waals surface area contributed by atoms with Gasteiger partial charge in [0.15, 0.2) is 0 Å². The number of nitrogens with zero attached hydrogens (tertiary/aromatic N) is 4. The Morgan fingerprint density at radius 2 is 2.00 bits per heavy atom. The molecule has 4 rings (SSSR count). The molecule has 1 N–H and O–H groups in total. The van der Waals surface area contributed by atoms with E-state index >= 15 is 0 Å². The average Bonchev–Trinajstić information content (AvgIpc) is 3.46. The molecule has 8 heteroatoms. The molecule has 1 amide bonds. The molecule has 1 saturated heterocycles. The second-order valence-electron chi connectivity index (χ2n) is 8.48. The van der Waals surface area contributed by atoms with E-state index in [-0.39, 0.29) is 5.91 Å². The van der Waals surface area contributed by atoms with Crippen LogP contribution in [0.5, 0.6) is 0 Å². The van der Waals surface area contributed by atoms with E-state index in [1.54, 1.807) is 16.0 Å². The summed E-state index contributed by atoms with van der Waals surface area (Å²) < 4.78 is 1.76. The van der Waals surface area contributed by atoms with E-state index in [1.165, 1.54) is 17.7 Å². The van der Waals surface area contributed by atoms with E-state index < -0.39 is 11.4 Å².